The van der Waals surface area contributed by atoms with Crippen LogP contribution in [0.4, 0.5) is 18.9 Å². The van der Waals surface area contributed by atoms with Gasteiger partial charge in [-0.2, -0.15) is 18.3 Å². The summed E-state index contributed by atoms with van der Waals surface area (Å²) in [6.45, 7) is 3.29. The van der Waals surface area contributed by atoms with Gasteiger partial charge in [0.05, 0.1) is 23.2 Å². The van der Waals surface area contributed by atoms with Crippen molar-refractivity contribution in [1.29, 1.82) is 0 Å². The summed E-state index contributed by atoms with van der Waals surface area (Å²) in [5, 5.41) is 19.2. The zero-order valence-electron chi connectivity index (χ0n) is 19.9. The number of hydrogen-bond acceptors (Lipinski definition) is 7. The van der Waals surface area contributed by atoms with E-state index in [2.05, 4.69) is 36.4 Å². The fourth-order valence-corrected chi connectivity index (χ4v) is 3.94. The number of carbonyl (C=O) groups is 2. The highest BCUT2D eigenvalue weighted by molar-refractivity contribution is 9.10. The molecule has 0 aliphatic carbocycles. The number of phenolic OH excluding ortho intramolecular Hbond substituents is 1. The number of aromatic nitrogens is 3. The molecule has 3 rings (SSSR count). The minimum absolute atomic E-state index is 0.0545. The summed E-state index contributed by atoms with van der Waals surface area (Å²) in [5.74, 6) is -0.866. The second kappa shape index (κ2) is 12.1. The van der Waals surface area contributed by atoms with Gasteiger partial charge in [0.25, 0.3) is 5.91 Å². The van der Waals surface area contributed by atoms with E-state index < -0.39 is 36.5 Å². The van der Waals surface area contributed by atoms with Crippen LogP contribution in [0.15, 0.2) is 35.1 Å². The zero-order chi connectivity index (χ0) is 27.2. The van der Waals surface area contributed by atoms with Crippen LogP contribution in [0.1, 0.15) is 51.9 Å². The number of nitrogens with one attached hydrogen (secondary N) is 2. The lowest BCUT2D eigenvalue weighted by Gasteiger charge is -2.16. The smallest absolute Gasteiger partial charge is 0.389 e. The third kappa shape index (κ3) is 7.68. The second-order valence-electron chi connectivity index (χ2n) is 8.05. The first-order valence-electron chi connectivity index (χ1n) is 11.1. The van der Waals surface area contributed by atoms with Gasteiger partial charge in [-0.25, -0.2) is 4.98 Å². The summed E-state index contributed by atoms with van der Waals surface area (Å²) in [6, 6.07) is 6.11. The molecule has 13 heteroatoms. The number of H-pyrrole nitrogens is 1. The van der Waals surface area contributed by atoms with Crippen molar-refractivity contribution in [2.24, 2.45) is 0 Å². The van der Waals surface area contributed by atoms with Crippen LogP contribution in [0.3, 0.4) is 0 Å². The number of Topliss-reactive ketones (excluding diaryl/α,β-unsaturated/α-hetero) is 1. The van der Waals surface area contributed by atoms with E-state index in [4.69, 9.17) is 9.47 Å². The molecule has 2 aromatic carbocycles. The molecule has 0 atom stereocenters. The summed E-state index contributed by atoms with van der Waals surface area (Å²) in [7, 11) is 0. The maximum Gasteiger partial charge on any atom is 0.389 e. The van der Waals surface area contributed by atoms with Gasteiger partial charge in [0, 0.05) is 30.2 Å². The van der Waals surface area contributed by atoms with Crippen LogP contribution >= 0.6 is 15.9 Å². The predicted molar refractivity (Wildman–Crippen MR) is 131 cm³/mol. The molecule has 0 saturated carbocycles. The van der Waals surface area contributed by atoms with Crippen LogP contribution in [-0.2, 0) is 6.42 Å². The van der Waals surface area contributed by atoms with Gasteiger partial charge >= 0.3 is 6.18 Å². The predicted octanol–water partition coefficient (Wildman–Crippen LogP) is 5.38. The van der Waals surface area contributed by atoms with Gasteiger partial charge in [-0.15, -0.1) is 0 Å². The summed E-state index contributed by atoms with van der Waals surface area (Å²) in [6.07, 6.45) is -4.55. The molecule has 0 spiro atoms. The summed E-state index contributed by atoms with van der Waals surface area (Å²) in [5.41, 5.74) is 1.14. The Hall–Kier alpha value is -3.61. The van der Waals surface area contributed by atoms with Gasteiger partial charge in [0.15, 0.2) is 5.78 Å². The molecule has 3 N–H and O–H groups in total. The molecule has 3 aromatic rings. The summed E-state index contributed by atoms with van der Waals surface area (Å²) < 4.78 is 50.4. The number of aromatic amines is 1. The molecule has 0 aliphatic heterocycles. The number of aryl methyl sites for hydroxylation is 1. The standard InChI is InChI=1S/C24H24BrF3N4O5/c1-13-10-17(25)20(11-18(13)31-23(35)22-29-12-30-32-22)37-9-3-8-36-19-5-4-15(14(2)33)21(34)16(19)6-7-24(26,27)28/h4-5,10-12,34H,3,6-9H2,1-2H3,(H,31,35)(H,29,30,32). The number of phenols is 1. The van der Waals surface area contributed by atoms with E-state index in [1.165, 1.54) is 25.4 Å². The van der Waals surface area contributed by atoms with Gasteiger partial charge in [0.2, 0.25) is 5.82 Å². The number of anilines is 1. The van der Waals surface area contributed by atoms with Gasteiger partial charge in [-0.05, 0) is 60.0 Å². The van der Waals surface area contributed by atoms with Gasteiger partial charge in [0.1, 0.15) is 23.6 Å². The van der Waals surface area contributed by atoms with Crippen molar-refractivity contribution >= 4 is 33.3 Å². The average Bonchev–Trinajstić information content (AvgIpc) is 3.35. The van der Waals surface area contributed by atoms with Crippen LogP contribution in [0, 0.1) is 6.92 Å². The maximum absolute atomic E-state index is 12.8. The molecular weight excluding hydrogens is 561 g/mol. The van der Waals surface area contributed by atoms with Crippen molar-refractivity contribution in [3.8, 4) is 17.2 Å². The highest BCUT2D eigenvalue weighted by Crippen LogP contribution is 2.35. The van der Waals surface area contributed by atoms with E-state index in [0.29, 0.717) is 22.3 Å². The molecule has 0 unspecified atom stereocenters. The number of hydrogen-bond donors (Lipinski definition) is 3. The Balaban J connectivity index is 1.61. The normalized spacial score (nSPS) is 11.3. The summed E-state index contributed by atoms with van der Waals surface area (Å²) in [4.78, 5) is 27.7. The van der Waals surface area contributed by atoms with Crippen molar-refractivity contribution in [3.63, 3.8) is 0 Å². The number of amides is 1. The number of aromatic hydroxyl groups is 1. The zero-order valence-corrected chi connectivity index (χ0v) is 21.5. The Labute approximate surface area is 218 Å². The lowest BCUT2D eigenvalue weighted by atomic mass is 10.0. The minimum Gasteiger partial charge on any atom is -0.507 e. The number of carbonyl (C=O) groups excluding carboxylic acids is 2. The number of halogens is 4. The molecule has 1 aromatic heterocycles. The fourth-order valence-electron chi connectivity index (χ4n) is 3.36. The molecule has 0 radical (unpaired) electrons. The van der Waals surface area contributed by atoms with E-state index in [1.807, 2.05) is 6.92 Å². The molecule has 0 fully saturated rings. The number of alkyl halides is 3. The Kier molecular flexibility index (Phi) is 9.14. The number of nitrogens with zero attached hydrogens (tertiary/aromatic N) is 2. The molecule has 1 heterocycles. The molecule has 198 valence electrons. The molecule has 37 heavy (non-hydrogen) atoms. The van der Waals surface area contributed by atoms with E-state index in [9.17, 15) is 27.9 Å². The van der Waals surface area contributed by atoms with Crippen molar-refractivity contribution in [2.45, 2.75) is 39.3 Å². The maximum atomic E-state index is 12.8. The van der Waals surface area contributed by atoms with Gasteiger partial charge in [-0.3, -0.25) is 14.7 Å². The van der Waals surface area contributed by atoms with Crippen LogP contribution < -0.4 is 14.8 Å². The quantitative estimate of drug-likeness (QED) is 0.204. The number of benzene rings is 2. The summed E-state index contributed by atoms with van der Waals surface area (Å²) >= 11 is 3.42. The van der Waals surface area contributed by atoms with E-state index in [-0.39, 0.29) is 35.9 Å². The molecular formula is C24H24BrF3N4O5. The molecule has 0 bridgehead atoms. The monoisotopic (exact) mass is 584 g/mol. The van der Waals surface area contributed by atoms with Crippen LogP contribution in [0.25, 0.3) is 0 Å². The Morgan fingerprint density at radius 1 is 1.16 bits per heavy atom. The van der Waals surface area contributed by atoms with Crippen molar-refractivity contribution in [3.05, 3.63) is 57.6 Å². The van der Waals surface area contributed by atoms with Crippen molar-refractivity contribution < 1.29 is 37.3 Å². The highest BCUT2D eigenvalue weighted by atomic mass is 79.9. The van der Waals surface area contributed by atoms with Gasteiger partial charge in [-0.1, -0.05) is 0 Å². The van der Waals surface area contributed by atoms with Crippen molar-refractivity contribution in [2.75, 3.05) is 18.5 Å². The SMILES string of the molecule is CC(=O)c1ccc(OCCCOc2cc(NC(=O)c3ncn[nH]3)c(C)cc2Br)c(CCC(F)(F)F)c1O. The van der Waals surface area contributed by atoms with Crippen molar-refractivity contribution in [1.82, 2.24) is 15.2 Å². The lowest BCUT2D eigenvalue weighted by Crippen LogP contribution is -2.15. The number of rotatable bonds is 11. The van der Waals surface area contributed by atoms with E-state index >= 15 is 0 Å². The van der Waals surface area contributed by atoms with E-state index in [1.54, 1.807) is 12.1 Å². The van der Waals surface area contributed by atoms with E-state index in [0.717, 1.165) is 5.56 Å². The third-order valence-corrected chi connectivity index (χ3v) is 5.86. The topological polar surface area (TPSA) is 126 Å². The van der Waals surface area contributed by atoms with Crippen LogP contribution in [0.5, 0.6) is 17.2 Å². The first-order chi connectivity index (χ1) is 17.5. The highest BCUT2D eigenvalue weighted by Gasteiger charge is 2.29. The number of ketones is 1. The first-order valence-corrected chi connectivity index (χ1v) is 11.9. The second-order valence-corrected chi connectivity index (χ2v) is 8.90. The first kappa shape index (κ1) is 28.0. The Bertz CT molecular complexity index is 1270. The number of ether oxygens (including phenoxy) is 2. The third-order valence-electron chi connectivity index (χ3n) is 5.24. The lowest BCUT2D eigenvalue weighted by molar-refractivity contribution is -0.134. The molecule has 0 aliphatic rings. The Morgan fingerprint density at radius 2 is 1.86 bits per heavy atom. The largest absolute Gasteiger partial charge is 0.507 e. The van der Waals surface area contributed by atoms with Gasteiger partial charge < -0.3 is 19.9 Å². The molecule has 0 saturated heterocycles. The Morgan fingerprint density at radius 3 is 2.49 bits per heavy atom. The van der Waals surface area contributed by atoms with Crippen LogP contribution in [0.2, 0.25) is 0 Å². The molecule has 9 nitrogen and oxygen atoms in total. The average molecular weight is 585 g/mol. The minimum atomic E-state index is -4.43. The molecule has 1 amide bonds. The fraction of sp³-hybridized carbons (Fsp3) is 0.333. The van der Waals surface area contributed by atoms with Crippen LogP contribution in [-0.4, -0.2) is 51.4 Å².